The summed E-state index contributed by atoms with van der Waals surface area (Å²) < 4.78 is 5.52. The van der Waals surface area contributed by atoms with Crippen molar-refractivity contribution >= 4 is 11.9 Å². The molecule has 0 radical (unpaired) electrons. The molecular weight excluding hydrogens is 1070 g/mol. The Morgan fingerprint density at radius 3 is 0.908 bits per heavy atom. The molecule has 0 aromatic carbocycles. The van der Waals surface area contributed by atoms with Crippen molar-refractivity contribution in [3.8, 4) is 0 Å². The van der Waals surface area contributed by atoms with Gasteiger partial charge in [-0.15, -0.1) is 0 Å². The molecule has 1 amide bonds. The molecule has 0 heterocycles. The van der Waals surface area contributed by atoms with E-state index in [4.69, 9.17) is 4.74 Å². The molecule has 0 saturated carbocycles. The molecule has 0 aromatic rings. The van der Waals surface area contributed by atoms with Gasteiger partial charge in [-0.2, -0.15) is 0 Å². The number of carbonyl (C=O) groups excluding carboxylic acids is 2. The van der Waals surface area contributed by atoms with Crippen LogP contribution in [0.4, 0.5) is 0 Å². The maximum atomic E-state index is 12.5. The third kappa shape index (κ3) is 73.0. The summed E-state index contributed by atoms with van der Waals surface area (Å²) in [4.78, 5) is 24.6. The summed E-state index contributed by atoms with van der Waals surface area (Å²) in [5, 5.41) is 23.3. The van der Waals surface area contributed by atoms with E-state index in [1.54, 1.807) is 0 Å². The first kappa shape index (κ1) is 85.1. The van der Waals surface area contributed by atoms with Gasteiger partial charge in [0.1, 0.15) is 0 Å². The highest BCUT2D eigenvalue weighted by Gasteiger charge is 2.20. The first-order chi connectivity index (χ1) is 43.0. The molecule has 3 N–H and O–H groups in total. The van der Waals surface area contributed by atoms with Crippen molar-refractivity contribution in [2.24, 2.45) is 0 Å². The van der Waals surface area contributed by atoms with Gasteiger partial charge < -0.3 is 20.3 Å². The van der Waals surface area contributed by atoms with Crippen LogP contribution in [0, 0.1) is 0 Å². The molecule has 514 valence electrons. The van der Waals surface area contributed by atoms with Crippen LogP contribution >= 0.6 is 0 Å². The number of rotatable bonds is 75. The largest absolute Gasteiger partial charge is 0.466 e. The maximum absolute atomic E-state index is 12.5. The summed E-state index contributed by atoms with van der Waals surface area (Å²) in [5.74, 6) is -0.00980. The lowest BCUT2D eigenvalue weighted by Crippen LogP contribution is -2.45. The number of hydrogen-bond donors (Lipinski definition) is 3. The zero-order valence-corrected chi connectivity index (χ0v) is 59.0. The lowest BCUT2D eigenvalue weighted by Gasteiger charge is -2.22. The molecule has 6 heteroatoms. The average Bonchev–Trinajstić information content (AvgIpc) is 3.53. The minimum absolute atomic E-state index is 0.0183. The third-order valence-electron chi connectivity index (χ3n) is 18.7. The number of esters is 1. The topological polar surface area (TPSA) is 95.9 Å². The molecule has 0 aromatic heterocycles. The van der Waals surface area contributed by atoms with Gasteiger partial charge in [0.25, 0.3) is 0 Å². The van der Waals surface area contributed by atoms with Gasteiger partial charge in [-0.3, -0.25) is 9.59 Å². The van der Waals surface area contributed by atoms with Gasteiger partial charge >= 0.3 is 5.97 Å². The van der Waals surface area contributed by atoms with Crippen molar-refractivity contribution in [2.45, 2.75) is 456 Å². The third-order valence-corrected chi connectivity index (χ3v) is 18.7. The van der Waals surface area contributed by atoms with E-state index in [1.165, 1.54) is 366 Å². The first-order valence-electron chi connectivity index (χ1n) is 39.7. The molecule has 2 atom stereocenters. The fourth-order valence-corrected chi connectivity index (χ4v) is 12.6. The number of carbonyl (C=O) groups is 2. The lowest BCUT2D eigenvalue weighted by molar-refractivity contribution is -0.143. The van der Waals surface area contributed by atoms with E-state index < -0.39 is 12.1 Å². The van der Waals surface area contributed by atoms with Crippen LogP contribution in [0.1, 0.15) is 444 Å². The van der Waals surface area contributed by atoms with Gasteiger partial charge in [0.15, 0.2) is 0 Å². The Bertz CT molecular complexity index is 1410. The summed E-state index contributed by atoms with van der Waals surface area (Å²) in [6, 6.07) is -0.538. The highest BCUT2D eigenvalue weighted by molar-refractivity contribution is 5.76. The average molecular weight is 1220 g/mol. The van der Waals surface area contributed by atoms with Crippen molar-refractivity contribution < 1.29 is 24.5 Å². The standard InChI is InChI=1S/C81H155NO5/c1-3-5-7-9-11-13-15-17-19-20-40-44-47-51-55-59-63-67-71-75-81(86)87-76-72-68-64-60-56-52-48-45-42-39-37-35-33-31-29-27-25-23-21-22-24-26-28-30-32-34-36-38-41-43-46-50-54-58-62-66-70-74-80(85)82-78(77-83)79(84)73-69-65-61-57-53-49-18-16-14-12-10-8-6-4-2/h11,13,17,19,21,23,78-79,83-84H,3-10,12,14-16,18,20,22,24-77H2,1-2H3,(H,82,85)/b13-11-,19-17-,23-21-. The Morgan fingerprint density at radius 2 is 0.575 bits per heavy atom. The minimum Gasteiger partial charge on any atom is -0.466 e. The van der Waals surface area contributed by atoms with Crippen LogP contribution in [-0.2, 0) is 14.3 Å². The molecular formula is C81H155NO5. The summed E-state index contributed by atoms with van der Waals surface area (Å²) in [6.45, 7) is 4.97. The van der Waals surface area contributed by atoms with E-state index in [9.17, 15) is 19.8 Å². The van der Waals surface area contributed by atoms with Crippen LogP contribution in [0.25, 0.3) is 0 Å². The van der Waals surface area contributed by atoms with Crippen molar-refractivity contribution in [1.82, 2.24) is 5.32 Å². The Kier molecular flexibility index (Phi) is 74.8. The van der Waals surface area contributed by atoms with Crippen LogP contribution in [0.15, 0.2) is 36.5 Å². The second kappa shape index (κ2) is 76.5. The van der Waals surface area contributed by atoms with Gasteiger partial charge in [-0.25, -0.2) is 0 Å². The quantitative estimate of drug-likeness (QED) is 0.0320. The fourth-order valence-electron chi connectivity index (χ4n) is 12.6. The second-order valence-corrected chi connectivity index (χ2v) is 27.4. The zero-order chi connectivity index (χ0) is 62.8. The van der Waals surface area contributed by atoms with Crippen molar-refractivity contribution in [3.63, 3.8) is 0 Å². The number of amides is 1. The van der Waals surface area contributed by atoms with Crippen LogP contribution in [0.2, 0.25) is 0 Å². The highest BCUT2D eigenvalue weighted by atomic mass is 16.5. The van der Waals surface area contributed by atoms with Crippen molar-refractivity contribution in [1.29, 1.82) is 0 Å². The number of aliphatic hydroxyl groups excluding tert-OH is 2. The first-order valence-corrected chi connectivity index (χ1v) is 39.7. The lowest BCUT2D eigenvalue weighted by atomic mass is 10.0. The molecule has 6 nitrogen and oxygen atoms in total. The smallest absolute Gasteiger partial charge is 0.305 e. The summed E-state index contributed by atoms with van der Waals surface area (Å²) in [6.07, 6.45) is 99.6. The Labute approximate surface area is 544 Å². The molecule has 0 aliphatic heterocycles. The number of nitrogens with one attached hydrogen (secondary N) is 1. The number of ether oxygens (including phenoxy) is 1. The van der Waals surface area contributed by atoms with Crippen LogP contribution in [0.3, 0.4) is 0 Å². The Hall–Kier alpha value is -1.92. The molecule has 0 aliphatic carbocycles. The Morgan fingerprint density at radius 1 is 0.322 bits per heavy atom. The molecule has 87 heavy (non-hydrogen) atoms. The number of aliphatic hydroxyl groups is 2. The van der Waals surface area contributed by atoms with E-state index in [1.807, 2.05) is 0 Å². The SMILES string of the molecule is CCCCC/C=C\C/C=C\CCCCCCCCCCCC(=O)OCCCCCCCCCCCCCCCCCC/C=C\CCCCCCCCCCCCCCCCCCCC(=O)NC(CO)C(O)CCCCCCCCCCCCCCCC. The Balaban J connectivity index is 3.31. The van der Waals surface area contributed by atoms with Crippen LogP contribution in [-0.4, -0.2) is 47.4 Å². The van der Waals surface area contributed by atoms with E-state index >= 15 is 0 Å². The summed E-state index contributed by atoms with van der Waals surface area (Å²) in [7, 11) is 0. The molecule has 0 spiro atoms. The van der Waals surface area contributed by atoms with Gasteiger partial charge in [0, 0.05) is 12.8 Å². The maximum Gasteiger partial charge on any atom is 0.305 e. The molecule has 0 aliphatic rings. The molecule has 0 bridgehead atoms. The van der Waals surface area contributed by atoms with Gasteiger partial charge in [-0.1, -0.05) is 384 Å². The predicted octanol–water partition coefficient (Wildman–Crippen LogP) is 26.2. The van der Waals surface area contributed by atoms with Gasteiger partial charge in [0.05, 0.1) is 25.4 Å². The van der Waals surface area contributed by atoms with Gasteiger partial charge in [-0.05, 0) is 83.5 Å². The fraction of sp³-hybridized carbons (Fsp3) is 0.901. The van der Waals surface area contributed by atoms with E-state index in [-0.39, 0.29) is 18.5 Å². The van der Waals surface area contributed by atoms with Crippen LogP contribution in [0.5, 0.6) is 0 Å². The molecule has 0 fully saturated rings. The van der Waals surface area contributed by atoms with E-state index in [2.05, 4.69) is 55.6 Å². The number of hydrogen-bond acceptors (Lipinski definition) is 5. The number of allylic oxidation sites excluding steroid dienone is 6. The molecule has 0 rings (SSSR count). The van der Waals surface area contributed by atoms with E-state index in [0.717, 1.165) is 44.9 Å². The van der Waals surface area contributed by atoms with Crippen molar-refractivity contribution in [2.75, 3.05) is 13.2 Å². The molecule has 0 saturated heterocycles. The second-order valence-electron chi connectivity index (χ2n) is 27.4. The molecule has 2 unspecified atom stereocenters. The minimum atomic E-state index is -0.661. The highest BCUT2D eigenvalue weighted by Crippen LogP contribution is 2.20. The normalized spacial score (nSPS) is 12.6. The zero-order valence-electron chi connectivity index (χ0n) is 59.0. The monoisotopic (exact) mass is 1220 g/mol. The van der Waals surface area contributed by atoms with Crippen LogP contribution < -0.4 is 5.32 Å². The number of unbranched alkanes of at least 4 members (excludes halogenated alkanes) is 58. The van der Waals surface area contributed by atoms with Crippen molar-refractivity contribution in [3.05, 3.63) is 36.5 Å². The summed E-state index contributed by atoms with van der Waals surface area (Å²) in [5.41, 5.74) is 0. The van der Waals surface area contributed by atoms with E-state index in [0.29, 0.717) is 25.9 Å². The van der Waals surface area contributed by atoms with Gasteiger partial charge in [0.2, 0.25) is 5.91 Å². The summed E-state index contributed by atoms with van der Waals surface area (Å²) >= 11 is 0. The predicted molar refractivity (Wildman–Crippen MR) is 384 cm³/mol.